The predicted molar refractivity (Wildman–Crippen MR) is 66.8 cm³/mol. The van der Waals surface area contributed by atoms with E-state index in [9.17, 15) is 4.79 Å². The van der Waals surface area contributed by atoms with Crippen molar-refractivity contribution in [2.45, 2.75) is 26.7 Å². The molecule has 4 nitrogen and oxygen atoms in total. The molecule has 92 valence electrons. The highest BCUT2D eigenvalue weighted by molar-refractivity contribution is 5.95. The summed E-state index contributed by atoms with van der Waals surface area (Å²) in [5, 5.41) is 2.95. The van der Waals surface area contributed by atoms with Crippen molar-refractivity contribution in [3.05, 3.63) is 29.1 Å². The van der Waals surface area contributed by atoms with Crippen molar-refractivity contribution in [2.75, 3.05) is 13.1 Å². The van der Waals surface area contributed by atoms with Crippen LogP contribution < -0.4 is 11.1 Å². The molecule has 0 aromatic carbocycles. The number of nitrogens with zero attached hydrogens (tertiary/aromatic N) is 1. The van der Waals surface area contributed by atoms with Crippen LogP contribution in [0, 0.1) is 19.3 Å². The van der Waals surface area contributed by atoms with E-state index in [4.69, 9.17) is 5.73 Å². The van der Waals surface area contributed by atoms with Gasteiger partial charge in [-0.05, 0) is 45.4 Å². The molecule has 3 N–H and O–H groups in total. The van der Waals surface area contributed by atoms with Crippen molar-refractivity contribution < 1.29 is 4.79 Å². The summed E-state index contributed by atoms with van der Waals surface area (Å²) in [4.78, 5) is 16.3. The average molecular weight is 233 g/mol. The summed E-state index contributed by atoms with van der Waals surface area (Å²) in [5.41, 5.74) is 8.21. The SMILES string of the molecule is Cc1ccc(C(=O)NCC2(CN)CC2)c(C)n1. The fourth-order valence-corrected chi connectivity index (χ4v) is 1.92. The molecule has 1 saturated carbocycles. The summed E-state index contributed by atoms with van der Waals surface area (Å²) < 4.78 is 0. The van der Waals surface area contributed by atoms with E-state index in [1.165, 1.54) is 0 Å². The molecule has 1 aliphatic carbocycles. The molecule has 1 amide bonds. The van der Waals surface area contributed by atoms with Gasteiger partial charge in [0.15, 0.2) is 0 Å². The van der Waals surface area contributed by atoms with Crippen LogP contribution in [-0.4, -0.2) is 24.0 Å². The Hall–Kier alpha value is -1.42. The first-order valence-corrected chi connectivity index (χ1v) is 5.99. The molecule has 2 rings (SSSR count). The second-order valence-corrected chi connectivity index (χ2v) is 4.97. The quantitative estimate of drug-likeness (QED) is 0.820. The van der Waals surface area contributed by atoms with Gasteiger partial charge in [0.25, 0.3) is 5.91 Å². The van der Waals surface area contributed by atoms with Crippen LogP contribution in [0.4, 0.5) is 0 Å². The Morgan fingerprint density at radius 1 is 1.47 bits per heavy atom. The second kappa shape index (κ2) is 4.45. The number of amides is 1. The zero-order valence-electron chi connectivity index (χ0n) is 10.4. The van der Waals surface area contributed by atoms with Gasteiger partial charge in [-0.1, -0.05) is 0 Å². The van der Waals surface area contributed by atoms with Crippen molar-refractivity contribution in [1.29, 1.82) is 0 Å². The zero-order valence-corrected chi connectivity index (χ0v) is 10.4. The van der Waals surface area contributed by atoms with Gasteiger partial charge in [-0.3, -0.25) is 9.78 Å². The smallest absolute Gasteiger partial charge is 0.253 e. The Balaban J connectivity index is 2.00. The average Bonchev–Trinajstić information content (AvgIpc) is 3.07. The van der Waals surface area contributed by atoms with E-state index < -0.39 is 0 Å². The number of rotatable bonds is 4. The topological polar surface area (TPSA) is 68.0 Å². The number of nitrogens with two attached hydrogens (primary N) is 1. The molecule has 1 fully saturated rings. The number of hydrogen-bond acceptors (Lipinski definition) is 3. The molecule has 0 atom stereocenters. The lowest BCUT2D eigenvalue weighted by molar-refractivity contribution is 0.0944. The van der Waals surface area contributed by atoms with Gasteiger partial charge in [0, 0.05) is 17.7 Å². The van der Waals surface area contributed by atoms with Crippen LogP contribution in [0.15, 0.2) is 12.1 Å². The Morgan fingerprint density at radius 3 is 2.71 bits per heavy atom. The van der Waals surface area contributed by atoms with Gasteiger partial charge in [-0.15, -0.1) is 0 Å². The summed E-state index contributed by atoms with van der Waals surface area (Å²) in [6, 6.07) is 3.69. The minimum atomic E-state index is -0.0466. The molecular formula is C13H19N3O. The number of aromatic nitrogens is 1. The highest BCUT2D eigenvalue weighted by Crippen LogP contribution is 2.43. The summed E-state index contributed by atoms with van der Waals surface area (Å²) in [6.45, 7) is 5.11. The predicted octanol–water partition coefficient (Wildman–Crippen LogP) is 1.17. The van der Waals surface area contributed by atoms with Crippen molar-refractivity contribution in [2.24, 2.45) is 11.1 Å². The molecule has 0 unspecified atom stereocenters. The van der Waals surface area contributed by atoms with Crippen molar-refractivity contribution in [3.8, 4) is 0 Å². The van der Waals surface area contributed by atoms with Crippen LogP contribution in [0.2, 0.25) is 0 Å². The van der Waals surface area contributed by atoms with E-state index in [-0.39, 0.29) is 11.3 Å². The van der Waals surface area contributed by atoms with Crippen molar-refractivity contribution in [1.82, 2.24) is 10.3 Å². The minimum absolute atomic E-state index is 0.0466. The van der Waals surface area contributed by atoms with Crippen LogP contribution in [0.25, 0.3) is 0 Å². The van der Waals surface area contributed by atoms with Gasteiger partial charge in [0.2, 0.25) is 0 Å². The maximum Gasteiger partial charge on any atom is 0.253 e. The number of pyridine rings is 1. The molecule has 1 aliphatic rings. The van der Waals surface area contributed by atoms with E-state index >= 15 is 0 Å². The van der Waals surface area contributed by atoms with E-state index in [1.54, 1.807) is 0 Å². The van der Waals surface area contributed by atoms with Crippen LogP contribution in [0.1, 0.15) is 34.6 Å². The maximum absolute atomic E-state index is 12.0. The van der Waals surface area contributed by atoms with E-state index in [0.717, 1.165) is 24.2 Å². The van der Waals surface area contributed by atoms with Crippen molar-refractivity contribution >= 4 is 5.91 Å². The monoisotopic (exact) mass is 233 g/mol. The van der Waals surface area contributed by atoms with Gasteiger partial charge >= 0.3 is 0 Å². The molecule has 1 heterocycles. The number of hydrogen-bond donors (Lipinski definition) is 2. The van der Waals surface area contributed by atoms with Crippen LogP contribution >= 0.6 is 0 Å². The van der Waals surface area contributed by atoms with Gasteiger partial charge in [0.05, 0.1) is 11.3 Å². The lowest BCUT2D eigenvalue weighted by atomic mass is 10.1. The minimum Gasteiger partial charge on any atom is -0.351 e. The number of carbonyl (C=O) groups is 1. The highest BCUT2D eigenvalue weighted by atomic mass is 16.1. The zero-order chi connectivity index (χ0) is 12.5. The number of carbonyl (C=O) groups excluding carboxylic acids is 1. The molecule has 0 bridgehead atoms. The van der Waals surface area contributed by atoms with Gasteiger partial charge in [-0.25, -0.2) is 0 Å². The Labute approximate surface area is 102 Å². The standard InChI is InChI=1S/C13H19N3O/c1-9-3-4-11(10(2)16-9)12(17)15-8-13(7-14)5-6-13/h3-4H,5-8,14H2,1-2H3,(H,15,17). The number of nitrogens with one attached hydrogen (secondary N) is 1. The third kappa shape index (κ3) is 2.64. The van der Waals surface area contributed by atoms with Crippen LogP contribution in [0.3, 0.4) is 0 Å². The molecule has 0 spiro atoms. The molecular weight excluding hydrogens is 214 g/mol. The molecule has 4 heteroatoms. The lowest BCUT2D eigenvalue weighted by Gasteiger charge is -2.14. The molecule has 0 saturated heterocycles. The van der Waals surface area contributed by atoms with E-state index in [0.29, 0.717) is 18.7 Å². The van der Waals surface area contributed by atoms with Gasteiger partial charge in [-0.2, -0.15) is 0 Å². The molecule has 0 aliphatic heterocycles. The molecule has 0 radical (unpaired) electrons. The summed E-state index contributed by atoms with van der Waals surface area (Å²) in [6.07, 6.45) is 2.24. The van der Waals surface area contributed by atoms with Crippen molar-refractivity contribution in [3.63, 3.8) is 0 Å². The summed E-state index contributed by atoms with van der Waals surface area (Å²) >= 11 is 0. The Kier molecular flexibility index (Phi) is 3.15. The van der Waals surface area contributed by atoms with Crippen LogP contribution in [0.5, 0.6) is 0 Å². The third-order valence-corrected chi connectivity index (χ3v) is 3.48. The van der Waals surface area contributed by atoms with Crippen LogP contribution in [-0.2, 0) is 0 Å². The normalized spacial score (nSPS) is 16.6. The first-order valence-electron chi connectivity index (χ1n) is 5.99. The van der Waals surface area contributed by atoms with Gasteiger partial charge < -0.3 is 11.1 Å². The molecule has 1 aromatic rings. The largest absolute Gasteiger partial charge is 0.351 e. The van der Waals surface area contributed by atoms with Gasteiger partial charge in [0.1, 0.15) is 0 Å². The number of aryl methyl sites for hydroxylation is 2. The summed E-state index contributed by atoms with van der Waals surface area (Å²) in [7, 11) is 0. The second-order valence-electron chi connectivity index (χ2n) is 4.97. The first kappa shape index (κ1) is 12.0. The van der Waals surface area contributed by atoms with E-state index in [2.05, 4.69) is 10.3 Å². The third-order valence-electron chi connectivity index (χ3n) is 3.48. The highest BCUT2D eigenvalue weighted by Gasteiger charge is 2.41. The van der Waals surface area contributed by atoms with E-state index in [1.807, 2.05) is 26.0 Å². The Morgan fingerprint density at radius 2 is 2.18 bits per heavy atom. The Bertz CT molecular complexity index is 438. The molecule has 1 aromatic heterocycles. The fourth-order valence-electron chi connectivity index (χ4n) is 1.92. The fraction of sp³-hybridized carbons (Fsp3) is 0.538. The molecule has 17 heavy (non-hydrogen) atoms. The lowest BCUT2D eigenvalue weighted by Crippen LogP contribution is -2.34. The first-order chi connectivity index (χ1) is 8.06. The maximum atomic E-state index is 12.0. The summed E-state index contributed by atoms with van der Waals surface area (Å²) in [5.74, 6) is -0.0466.